The van der Waals surface area contributed by atoms with Crippen molar-refractivity contribution in [3.8, 4) is 0 Å². The van der Waals surface area contributed by atoms with Crippen LogP contribution in [0.4, 0.5) is 0 Å². The van der Waals surface area contributed by atoms with E-state index in [2.05, 4.69) is 22.6 Å². The molecule has 0 aliphatic carbocycles. The minimum atomic E-state index is -0.627. The van der Waals surface area contributed by atoms with E-state index < -0.39 is 23.8 Å². The molecule has 0 saturated carbocycles. The molecular formula is C14H19NO6. The fourth-order valence-corrected chi connectivity index (χ4v) is 1.41. The number of carbonyl (C=O) groups is 4. The number of ether oxygens (including phenoxy) is 2. The van der Waals surface area contributed by atoms with Crippen molar-refractivity contribution in [1.29, 1.82) is 0 Å². The normalized spacial score (nSPS) is 9.43. The van der Waals surface area contributed by atoms with Gasteiger partial charge in [-0.3, -0.25) is 24.1 Å². The highest BCUT2D eigenvalue weighted by Crippen LogP contribution is 2.09. The molecule has 2 amide bonds. The van der Waals surface area contributed by atoms with Crippen LogP contribution in [0.2, 0.25) is 0 Å². The zero-order valence-corrected chi connectivity index (χ0v) is 12.2. The standard InChI is InChI=1S/C14H19NO6/c1-5-21-13(18)7-6-10(2)14(19)15(11(3)16)9-8-12(17)20-4/h5H,1-2,6-9H2,3-4H3. The maximum absolute atomic E-state index is 12.0. The number of carbonyl (C=O) groups excluding carboxylic acids is 4. The lowest BCUT2D eigenvalue weighted by atomic mass is 10.1. The third-order valence-electron chi connectivity index (χ3n) is 2.54. The average Bonchev–Trinajstić information content (AvgIpc) is 2.44. The van der Waals surface area contributed by atoms with Crippen LogP contribution in [0.15, 0.2) is 25.0 Å². The van der Waals surface area contributed by atoms with Gasteiger partial charge in [-0.2, -0.15) is 0 Å². The number of amides is 2. The molecule has 0 saturated heterocycles. The molecule has 7 heteroatoms. The molecule has 0 heterocycles. The predicted octanol–water partition coefficient (Wildman–Crippen LogP) is 0.948. The van der Waals surface area contributed by atoms with E-state index in [4.69, 9.17) is 0 Å². The summed E-state index contributed by atoms with van der Waals surface area (Å²) >= 11 is 0. The Kier molecular flexibility index (Phi) is 8.36. The summed E-state index contributed by atoms with van der Waals surface area (Å²) < 4.78 is 8.95. The van der Waals surface area contributed by atoms with Crippen molar-refractivity contribution in [3.63, 3.8) is 0 Å². The summed E-state index contributed by atoms with van der Waals surface area (Å²) in [5, 5.41) is 0. The van der Waals surface area contributed by atoms with Gasteiger partial charge >= 0.3 is 11.9 Å². The second kappa shape index (κ2) is 9.46. The van der Waals surface area contributed by atoms with Gasteiger partial charge in [0, 0.05) is 19.0 Å². The lowest BCUT2D eigenvalue weighted by molar-refractivity contribution is -0.144. The van der Waals surface area contributed by atoms with E-state index >= 15 is 0 Å². The first-order valence-corrected chi connectivity index (χ1v) is 6.20. The van der Waals surface area contributed by atoms with Gasteiger partial charge in [0.05, 0.1) is 26.2 Å². The van der Waals surface area contributed by atoms with Crippen LogP contribution in [0.3, 0.4) is 0 Å². The van der Waals surface area contributed by atoms with Crippen molar-refractivity contribution in [2.24, 2.45) is 0 Å². The van der Waals surface area contributed by atoms with Crippen molar-refractivity contribution in [3.05, 3.63) is 25.0 Å². The van der Waals surface area contributed by atoms with Crippen LogP contribution in [0, 0.1) is 0 Å². The number of hydrogen-bond donors (Lipinski definition) is 0. The van der Waals surface area contributed by atoms with Crippen LogP contribution in [0.25, 0.3) is 0 Å². The Morgan fingerprint density at radius 2 is 1.71 bits per heavy atom. The lowest BCUT2D eigenvalue weighted by Crippen LogP contribution is -2.37. The van der Waals surface area contributed by atoms with E-state index in [1.54, 1.807) is 0 Å². The number of hydrogen-bond acceptors (Lipinski definition) is 6. The molecule has 0 fully saturated rings. The van der Waals surface area contributed by atoms with Gasteiger partial charge in [-0.25, -0.2) is 0 Å². The van der Waals surface area contributed by atoms with E-state index in [1.165, 1.54) is 14.0 Å². The molecule has 0 aromatic heterocycles. The van der Waals surface area contributed by atoms with E-state index in [-0.39, 0.29) is 31.4 Å². The van der Waals surface area contributed by atoms with Gasteiger partial charge in [-0.05, 0) is 6.42 Å². The third-order valence-corrected chi connectivity index (χ3v) is 2.54. The van der Waals surface area contributed by atoms with Gasteiger partial charge in [-0.1, -0.05) is 13.2 Å². The molecular weight excluding hydrogens is 278 g/mol. The summed E-state index contributed by atoms with van der Waals surface area (Å²) in [5.74, 6) is -2.23. The van der Waals surface area contributed by atoms with Crippen molar-refractivity contribution in [2.45, 2.75) is 26.2 Å². The van der Waals surface area contributed by atoms with Gasteiger partial charge in [0.15, 0.2) is 0 Å². The molecule has 7 nitrogen and oxygen atoms in total. The summed E-state index contributed by atoms with van der Waals surface area (Å²) in [5.41, 5.74) is 0.0797. The molecule has 0 atom stereocenters. The number of rotatable bonds is 8. The first-order chi connectivity index (χ1) is 9.83. The zero-order chi connectivity index (χ0) is 16.4. The van der Waals surface area contributed by atoms with Gasteiger partial charge in [-0.15, -0.1) is 0 Å². The van der Waals surface area contributed by atoms with Crippen LogP contribution < -0.4 is 0 Å². The van der Waals surface area contributed by atoms with Gasteiger partial charge in [0.2, 0.25) is 5.91 Å². The number of methoxy groups -OCH3 is 1. The lowest BCUT2D eigenvalue weighted by Gasteiger charge is -2.19. The summed E-state index contributed by atoms with van der Waals surface area (Å²) in [6.07, 6.45) is 0.881. The van der Waals surface area contributed by atoms with Crippen LogP contribution in [0.1, 0.15) is 26.2 Å². The highest BCUT2D eigenvalue weighted by atomic mass is 16.5. The van der Waals surface area contributed by atoms with Crippen molar-refractivity contribution >= 4 is 23.8 Å². The molecule has 0 spiro atoms. The minimum Gasteiger partial charge on any atom is -0.469 e. The van der Waals surface area contributed by atoms with Crippen molar-refractivity contribution in [2.75, 3.05) is 13.7 Å². The molecule has 0 aliphatic heterocycles. The van der Waals surface area contributed by atoms with Crippen molar-refractivity contribution < 1.29 is 28.7 Å². The van der Waals surface area contributed by atoms with Gasteiger partial charge < -0.3 is 9.47 Å². The largest absolute Gasteiger partial charge is 0.469 e. The smallest absolute Gasteiger partial charge is 0.310 e. The quantitative estimate of drug-likeness (QED) is 0.376. The third kappa shape index (κ3) is 7.05. The Balaban J connectivity index is 4.55. The SMILES string of the molecule is C=COC(=O)CCC(=C)C(=O)N(CCC(=O)OC)C(C)=O. The van der Waals surface area contributed by atoms with E-state index in [9.17, 15) is 19.2 Å². The minimum absolute atomic E-state index is 0.0491. The highest BCUT2D eigenvalue weighted by Gasteiger charge is 2.22. The summed E-state index contributed by atoms with van der Waals surface area (Å²) in [6, 6.07) is 0. The van der Waals surface area contributed by atoms with Gasteiger partial charge in [0.1, 0.15) is 0 Å². The Bertz CT molecular complexity index is 454. The first kappa shape index (κ1) is 18.6. The molecule has 0 aromatic rings. The Morgan fingerprint density at radius 3 is 2.19 bits per heavy atom. The zero-order valence-electron chi connectivity index (χ0n) is 12.2. The number of nitrogens with zero attached hydrogens (tertiary/aromatic N) is 1. The van der Waals surface area contributed by atoms with Crippen LogP contribution in [-0.4, -0.2) is 42.3 Å². The summed E-state index contributed by atoms with van der Waals surface area (Å²) in [7, 11) is 1.21. The molecule has 0 unspecified atom stereocenters. The second-order valence-electron chi connectivity index (χ2n) is 4.06. The molecule has 0 N–H and O–H groups in total. The average molecular weight is 297 g/mol. The molecule has 116 valence electrons. The molecule has 0 bridgehead atoms. The van der Waals surface area contributed by atoms with Crippen LogP contribution >= 0.6 is 0 Å². The fourth-order valence-electron chi connectivity index (χ4n) is 1.41. The van der Waals surface area contributed by atoms with Crippen LogP contribution in [0.5, 0.6) is 0 Å². The topological polar surface area (TPSA) is 90.0 Å². The number of imide groups is 1. The van der Waals surface area contributed by atoms with E-state index in [0.29, 0.717) is 0 Å². The Morgan fingerprint density at radius 1 is 1.10 bits per heavy atom. The molecule has 0 radical (unpaired) electrons. The second-order valence-corrected chi connectivity index (χ2v) is 4.06. The predicted molar refractivity (Wildman–Crippen MR) is 73.7 cm³/mol. The maximum Gasteiger partial charge on any atom is 0.310 e. The van der Waals surface area contributed by atoms with Crippen molar-refractivity contribution in [1.82, 2.24) is 4.90 Å². The highest BCUT2D eigenvalue weighted by molar-refractivity contribution is 6.03. The van der Waals surface area contributed by atoms with Gasteiger partial charge in [0.25, 0.3) is 5.91 Å². The summed E-state index contributed by atoms with van der Waals surface area (Å²) in [4.78, 5) is 46.6. The Labute approximate surface area is 123 Å². The number of esters is 2. The fraction of sp³-hybridized carbons (Fsp3) is 0.429. The Hall–Kier alpha value is -2.44. The van der Waals surface area contributed by atoms with E-state index in [1.807, 2.05) is 0 Å². The molecule has 21 heavy (non-hydrogen) atoms. The maximum atomic E-state index is 12.0. The van der Waals surface area contributed by atoms with Crippen LogP contribution in [-0.2, 0) is 28.7 Å². The molecule has 0 aromatic carbocycles. The monoisotopic (exact) mass is 297 g/mol. The molecule has 0 aliphatic rings. The molecule has 0 rings (SSSR count). The van der Waals surface area contributed by atoms with E-state index in [0.717, 1.165) is 11.2 Å². The first-order valence-electron chi connectivity index (χ1n) is 6.20. The summed E-state index contributed by atoms with van der Waals surface area (Å²) in [6.45, 7) is 7.88.